The summed E-state index contributed by atoms with van der Waals surface area (Å²) in [5.41, 5.74) is 2.16. The molecule has 0 saturated carbocycles. The first-order valence-electron chi connectivity index (χ1n) is 8.04. The molecule has 1 aromatic heterocycles. The molecule has 1 saturated heterocycles. The van der Waals surface area contributed by atoms with Gasteiger partial charge < -0.3 is 14.7 Å². The summed E-state index contributed by atoms with van der Waals surface area (Å²) in [6.45, 7) is 4.58. The first-order chi connectivity index (χ1) is 11.1. The van der Waals surface area contributed by atoms with Crippen LogP contribution < -0.4 is 9.64 Å². The van der Waals surface area contributed by atoms with Crippen molar-refractivity contribution in [2.45, 2.75) is 38.8 Å². The van der Waals surface area contributed by atoms with Crippen LogP contribution in [-0.4, -0.2) is 34.8 Å². The van der Waals surface area contributed by atoms with Crippen molar-refractivity contribution in [3.8, 4) is 5.75 Å². The molecule has 2 atom stereocenters. The van der Waals surface area contributed by atoms with Crippen molar-refractivity contribution in [3.05, 3.63) is 47.4 Å². The van der Waals surface area contributed by atoms with E-state index in [4.69, 9.17) is 4.74 Å². The van der Waals surface area contributed by atoms with E-state index in [1.807, 2.05) is 31.2 Å². The number of anilines is 1. The molecular formula is C18H23N3O2. The molecule has 122 valence electrons. The summed E-state index contributed by atoms with van der Waals surface area (Å²) in [6.07, 6.45) is 1.21. The van der Waals surface area contributed by atoms with Crippen molar-refractivity contribution in [2.24, 2.45) is 0 Å². The number of aliphatic hydroxyl groups is 1. The Hall–Kier alpha value is -2.14. The van der Waals surface area contributed by atoms with Crippen molar-refractivity contribution >= 4 is 5.82 Å². The van der Waals surface area contributed by atoms with Crippen molar-refractivity contribution < 1.29 is 9.84 Å². The smallest absolute Gasteiger partial charge is 0.133 e. The van der Waals surface area contributed by atoms with Gasteiger partial charge in [0.2, 0.25) is 0 Å². The highest BCUT2D eigenvalue weighted by Crippen LogP contribution is 2.36. The minimum atomic E-state index is -0.355. The lowest BCUT2D eigenvalue weighted by atomic mass is 10.0. The number of aliphatic hydroxyl groups excluding tert-OH is 1. The lowest BCUT2D eigenvalue weighted by Gasteiger charge is -2.26. The molecule has 1 aliphatic heterocycles. The SMILES string of the molecule is CCc1cc(N2C[C@H](O)C[C@@H]2c2cccc(OC)c2)nc(C)n1. The van der Waals surface area contributed by atoms with Crippen LogP contribution in [0.5, 0.6) is 5.75 Å². The van der Waals surface area contributed by atoms with E-state index < -0.39 is 0 Å². The van der Waals surface area contributed by atoms with Crippen LogP contribution in [0.15, 0.2) is 30.3 Å². The van der Waals surface area contributed by atoms with Gasteiger partial charge in [-0.1, -0.05) is 19.1 Å². The van der Waals surface area contributed by atoms with Gasteiger partial charge in [-0.2, -0.15) is 0 Å². The van der Waals surface area contributed by atoms with Crippen molar-refractivity contribution in [2.75, 3.05) is 18.6 Å². The Bertz CT molecular complexity index is 690. The molecule has 1 fully saturated rings. The molecule has 2 aromatic rings. The Morgan fingerprint density at radius 2 is 2.13 bits per heavy atom. The Morgan fingerprint density at radius 3 is 2.87 bits per heavy atom. The highest BCUT2D eigenvalue weighted by Gasteiger charge is 2.33. The van der Waals surface area contributed by atoms with Crippen LogP contribution in [-0.2, 0) is 6.42 Å². The molecule has 0 amide bonds. The predicted molar refractivity (Wildman–Crippen MR) is 89.9 cm³/mol. The minimum absolute atomic E-state index is 0.0964. The molecule has 0 bridgehead atoms. The molecule has 0 aliphatic carbocycles. The summed E-state index contributed by atoms with van der Waals surface area (Å²) < 4.78 is 5.33. The lowest BCUT2D eigenvalue weighted by Crippen LogP contribution is -2.25. The number of aryl methyl sites for hydroxylation is 2. The second-order valence-electron chi connectivity index (χ2n) is 5.95. The fourth-order valence-electron chi connectivity index (χ4n) is 3.17. The monoisotopic (exact) mass is 313 g/mol. The molecule has 1 N–H and O–H groups in total. The number of aromatic nitrogens is 2. The van der Waals surface area contributed by atoms with Gasteiger partial charge in [-0.15, -0.1) is 0 Å². The molecule has 0 radical (unpaired) electrons. The van der Waals surface area contributed by atoms with Gasteiger partial charge in [0.05, 0.1) is 19.3 Å². The van der Waals surface area contributed by atoms with E-state index in [0.717, 1.165) is 35.1 Å². The molecule has 23 heavy (non-hydrogen) atoms. The quantitative estimate of drug-likeness (QED) is 0.940. The number of nitrogens with zero attached hydrogens (tertiary/aromatic N) is 3. The Kier molecular flexibility index (Phi) is 4.48. The predicted octanol–water partition coefficient (Wildman–Crippen LogP) is 2.67. The maximum atomic E-state index is 10.2. The second kappa shape index (κ2) is 6.54. The van der Waals surface area contributed by atoms with Crippen LogP contribution in [0.4, 0.5) is 5.82 Å². The molecule has 0 spiro atoms. The van der Waals surface area contributed by atoms with Gasteiger partial charge in [-0.3, -0.25) is 0 Å². The zero-order chi connectivity index (χ0) is 16.4. The van der Waals surface area contributed by atoms with Gasteiger partial charge in [0.1, 0.15) is 17.4 Å². The molecular weight excluding hydrogens is 290 g/mol. The third-order valence-corrected chi connectivity index (χ3v) is 4.29. The zero-order valence-corrected chi connectivity index (χ0v) is 13.9. The van der Waals surface area contributed by atoms with E-state index >= 15 is 0 Å². The fourth-order valence-corrected chi connectivity index (χ4v) is 3.17. The number of methoxy groups -OCH3 is 1. The van der Waals surface area contributed by atoms with Crippen molar-refractivity contribution in [1.29, 1.82) is 0 Å². The van der Waals surface area contributed by atoms with Crippen LogP contribution in [0.2, 0.25) is 0 Å². The van der Waals surface area contributed by atoms with Gasteiger partial charge in [0, 0.05) is 18.3 Å². The maximum absolute atomic E-state index is 10.2. The Labute approximate surface area is 137 Å². The Morgan fingerprint density at radius 1 is 1.30 bits per heavy atom. The first-order valence-corrected chi connectivity index (χ1v) is 8.04. The van der Waals surface area contributed by atoms with Crippen LogP contribution in [0, 0.1) is 6.92 Å². The van der Waals surface area contributed by atoms with Gasteiger partial charge in [0.15, 0.2) is 0 Å². The van der Waals surface area contributed by atoms with Gasteiger partial charge >= 0.3 is 0 Å². The summed E-state index contributed by atoms with van der Waals surface area (Å²) in [6, 6.07) is 10.2. The van der Waals surface area contributed by atoms with E-state index in [1.54, 1.807) is 7.11 Å². The Balaban J connectivity index is 1.98. The molecule has 5 heteroatoms. The molecule has 5 nitrogen and oxygen atoms in total. The molecule has 3 rings (SSSR count). The van der Waals surface area contributed by atoms with E-state index in [1.165, 1.54) is 0 Å². The summed E-state index contributed by atoms with van der Waals surface area (Å²) in [5, 5.41) is 10.2. The number of β-amino-alcohol motifs (C(OH)–C–C–N with tert-alkyl or cyclic N) is 1. The van der Waals surface area contributed by atoms with E-state index in [-0.39, 0.29) is 12.1 Å². The maximum Gasteiger partial charge on any atom is 0.133 e. The summed E-state index contributed by atoms with van der Waals surface area (Å²) in [5.74, 6) is 2.49. The van der Waals surface area contributed by atoms with E-state index in [9.17, 15) is 5.11 Å². The molecule has 0 unspecified atom stereocenters. The van der Waals surface area contributed by atoms with E-state index in [2.05, 4.69) is 27.9 Å². The van der Waals surface area contributed by atoms with Crippen LogP contribution in [0.3, 0.4) is 0 Å². The normalized spacial score (nSPS) is 20.8. The highest BCUT2D eigenvalue weighted by molar-refractivity contribution is 5.46. The van der Waals surface area contributed by atoms with Crippen molar-refractivity contribution in [3.63, 3.8) is 0 Å². The summed E-state index contributed by atoms with van der Waals surface area (Å²) in [4.78, 5) is 11.2. The fraction of sp³-hybridized carbons (Fsp3) is 0.444. The van der Waals surface area contributed by atoms with Gasteiger partial charge in [0.25, 0.3) is 0 Å². The third kappa shape index (κ3) is 3.29. The third-order valence-electron chi connectivity index (χ3n) is 4.29. The van der Waals surface area contributed by atoms with E-state index in [0.29, 0.717) is 13.0 Å². The van der Waals surface area contributed by atoms with Gasteiger partial charge in [-0.05, 0) is 37.5 Å². The topological polar surface area (TPSA) is 58.5 Å². The number of hydrogen-bond donors (Lipinski definition) is 1. The number of hydrogen-bond acceptors (Lipinski definition) is 5. The largest absolute Gasteiger partial charge is 0.497 e. The van der Waals surface area contributed by atoms with Crippen LogP contribution >= 0.6 is 0 Å². The minimum Gasteiger partial charge on any atom is -0.497 e. The molecule has 1 aromatic carbocycles. The number of benzene rings is 1. The molecule has 2 heterocycles. The second-order valence-corrected chi connectivity index (χ2v) is 5.95. The van der Waals surface area contributed by atoms with Crippen molar-refractivity contribution in [1.82, 2.24) is 9.97 Å². The number of rotatable bonds is 4. The van der Waals surface area contributed by atoms with Crippen LogP contribution in [0.25, 0.3) is 0 Å². The number of ether oxygens (including phenoxy) is 1. The molecule has 1 aliphatic rings. The first kappa shape index (κ1) is 15.7. The average molecular weight is 313 g/mol. The van der Waals surface area contributed by atoms with Crippen LogP contribution in [0.1, 0.15) is 36.5 Å². The summed E-state index contributed by atoms with van der Waals surface area (Å²) >= 11 is 0. The zero-order valence-electron chi connectivity index (χ0n) is 13.9. The summed E-state index contributed by atoms with van der Waals surface area (Å²) in [7, 11) is 1.67. The highest BCUT2D eigenvalue weighted by atomic mass is 16.5. The lowest BCUT2D eigenvalue weighted by molar-refractivity contribution is 0.194. The van der Waals surface area contributed by atoms with Gasteiger partial charge in [-0.25, -0.2) is 9.97 Å². The standard InChI is InChI=1S/C18H23N3O2/c1-4-14-9-18(20-12(2)19-14)21-11-15(22)10-17(21)13-6-5-7-16(8-13)23-3/h5-9,15,17,22H,4,10-11H2,1-3H3/t15-,17-/m1/s1. The average Bonchev–Trinajstić information content (AvgIpc) is 2.96.